The number of hydrogen-bond acceptors (Lipinski definition) is 3. The number of urea groups is 1. The van der Waals surface area contributed by atoms with Gasteiger partial charge in [0.25, 0.3) is 0 Å². The highest BCUT2D eigenvalue weighted by Crippen LogP contribution is 2.21. The lowest BCUT2D eigenvalue weighted by atomic mass is 10.0. The highest BCUT2D eigenvalue weighted by atomic mass is 16.5. The van der Waals surface area contributed by atoms with Gasteiger partial charge in [-0.2, -0.15) is 0 Å². The summed E-state index contributed by atoms with van der Waals surface area (Å²) >= 11 is 0. The molecule has 0 aromatic carbocycles. The van der Waals surface area contributed by atoms with Crippen molar-refractivity contribution < 1.29 is 19.4 Å². The number of aliphatic carboxylic acids is 1. The van der Waals surface area contributed by atoms with Crippen LogP contribution in [0.25, 0.3) is 0 Å². The van der Waals surface area contributed by atoms with E-state index >= 15 is 0 Å². The molecule has 20 heavy (non-hydrogen) atoms. The van der Waals surface area contributed by atoms with Gasteiger partial charge in [0.15, 0.2) is 0 Å². The predicted molar refractivity (Wildman–Crippen MR) is 73.4 cm³/mol. The summed E-state index contributed by atoms with van der Waals surface area (Å²) in [5.41, 5.74) is 0. The molecule has 0 radical (unpaired) electrons. The Hall–Kier alpha value is -1.56. The number of allylic oxidation sites excluding steroid dienone is 1. The molecule has 6 heteroatoms. The largest absolute Gasteiger partial charge is 0.481 e. The molecule has 1 saturated heterocycles. The number of hydrogen-bond donors (Lipinski definition) is 2. The van der Waals surface area contributed by atoms with Gasteiger partial charge in [-0.05, 0) is 26.2 Å². The minimum atomic E-state index is -0.903. The molecule has 112 valence electrons. The highest BCUT2D eigenvalue weighted by molar-refractivity contribution is 5.77. The van der Waals surface area contributed by atoms with Gasteiger partial charge in [0.05, 0.1) is 19.3 Å². The average Bonchev–Trinajstić information content (AvgIpc) is 2.90. The SMILES string of the molecule is CCN(C(=O)NC1CC=CCC1)C1COCC1C(=O)O. The van der Waals surface area contributed by atoms with Crippen LogP contribution in [0.3, 0.4) is 0 Å². The van der Waals surface area contributed by atoms with Crippen molar-refractivity contribution >= 4 is 12.0 Å². The van der Waals surface area contributed by atoms with Crippen LogP contribution in [0.5, 0.6) is 0 Å². The van der Waals surface area contributed by atoms with Crippen molar-refractivity contribution in [2.75, 3.05) is 19.8 Å². The Morgan fingerprint density at radius 3 is 2.80 bits per heavy atom. The molecule has 0 saturated carbocycles. The number of nitrogens with zero attached hydrogens (tertiary/aromatic N) is 1. The Bertz CT molecular complexity index is 397. The molecule has 1 aliphatic carbocycles. The Kier molecular flexibility index (Phi) is 5.00. The minimum absolute atomic E-state index is 0.146. The van der Waals surface area contributed by atoms with Crippen LogP contribution in [0.1, 0.15) is 26.2 Å². The van der Waals surface area contributed by atoms with Gasteiger partial charge in [-0.25, -0.2) is 4.79 Å². The van der Waals surface area contributed by atoms with Gasteiger partial charge in [0, 0.05) is 12.6 Å². The molecule has 0 aromatic heterocycles. The number of amides is 2. The fourth-order valence-electron chi connectivity index (χ4n) is 2.80. The summed E-state index contributed by atoms with van der Waals surface area (Å²) in [5, 5.41) is 12.2. The van der Waals surface area contributed by atoms with Gasteiger partial charge in [-0.3, -0.25) is 4.79 Å². The van der Waals surface area contributed by atoms with Crippen molar-refractivity contribution in [2.45, 2.75) is 38.3 Å². The smallest absolute Gasteiger partial charge is 0.317 e. The third-order valence-electron chi connectivity index (χ3n) is 3.97. The molecule has 2 rings (SSSR count). The maximum Gasteiger partial charge on any atom is 0.317 e. The standard InChI is InChI=1S/C14H22N2O4/c1-2-16(12-9-20-8-11(12)13(17)18)14(19)15-10-6-4-3-5-7-10/h3-4,10-12H,2,5-9H2,1H3,(H,15,19)(H,17,18). The monoisotopic (exact) mass is 282 g/mol. The van der Waals surface area contributed by atoms with E-state index in [9.17, 15) is 14.7 Å². The van der Waals surface area contributed by atoms with Crippen LogP contribution in [0.15, 0.2) is 12.2 Å². The third kappa shape index (κ3) is 3.30. The molecule has 6 nitrogen and oxygen atoms in total. The van der Waals surface area contributed by atoms with Gasteiger partial charge in [-0.1, -0.05) is 12.2 Å². The molecule has 3 unspecified atom stereocenters. The Morgan fingerprint density at radius 1 is 1.40 bits per heavy atom. The number of carboxylic acid groups (broad SMARTS) is 1. The lowest BCUT2D eigenvalue weighted by Crippen LogP contribution is -2.52. The molecule has 1 fully saturated rings. The maximum atomic E-state index is 12.3. The van der Waals surface area contributed by atoms with E-state index in [4.69, 9.17) is 4.74 Å². The first-order valence-electron chi connectivity index (χ1n) is 7.16. The summed E-state index contributed by atoms with van der Waals surface area (Å²) in [4.78, 5) is 25.1. The summed E-state index contributed by atoms with van der Waals surface area (Å²) in [6.07, 6.45) is 6.94. The van der Waals surface area contributed by atoms with Crippen LogP contribution >= 0.6 is 0 Å². The maximum absolute atomic E-state index is 12.3. The molecule has 1 aliphatic heterocycles. The van der Waals surface area contributed by atoms with Crippen molar-refractivity contribution in [1.29, 1.82) is 0 Å². The van der Waals surface area contributed by atoms with Crippen molar-refractivity contribution in [3.8, 4) is 0 Å². The van der Waals surface area contributed by atoms with Gasteiger partial charge >= 0.3 is 12.0 Å². The van der Waals surface area contributed by atoms with E-state index in [0.29, 0.717) is 13.2 Å². The lowest BCUT2D eigenvalue weighted by Gasteiger charge is -2.31. The number of carboxylic acids is 1. The van der Waals surface area contributed by atoms with Crippen LogP contribution in [-0.2, 0) is 9.53 Å². The molecule has 2 aliphatic rings. The quantitative estimate of drug-likeness (QED) is 0.760. The van der Waals surface area contributed by atoms with Crippen LogP contribution in [0.2, 0.25) is 0 Å². The normalized spacial score (nSPS) is 29.1. The molecule has 0 spiro atoms. The summed E-state index contributed by atoms with van der Waals surface area (Å²) in [7, 11) is 0. The number of nitrogens with one attached hydrogen (secondary N) is 1. The fraction of sp³-hybridized carbons (Fsp3) is 0.714. The van der Waals surface area contributed by atoms with Crippen molar-refractivity contribution in [2.24, 2.45) is 5.92 Å². The second-order valence-electron chi connectivity index (χ2n) is 5.27. The summed E-state index contributed by atoms with van der Waals surface area (Å²) in [5.74, 6) is -1.54. The zero-order valence-corrected chi connectivity index (χ0v) is 11.7. The van der Waals surface area contributed by atoms with Gasteiger partial charge in [0.2, 0.25) is 0 Å². The molecular formula is C14H22N2O4. The zero-order chi connectivity index (χ0) is 14.5. The predicted octanol–water partition coefficient (Wildman–Crippen LogP) is 1.23. The van der Waals surface area contributed by atoms with Crippen molar-refractivity contribution in [3.05, 3.63) is 12.2 Å². The first-order chi connectivity index (χ1) is 9.63. The van der Waals surface area contributed by atoms with E-state index in [0.717, 1.165) is 19.3 Å². The Labute approximate surface area is 118 Å². The van der Waals surface area contributed by atoms with E-state index in [1.807, 2.05) is 6.92 Å². The summed E-state index contributed by atoms with van der Waals surface area (Å²) in [6.45, 7) is 2.81. The van der Waals surface area contributed by atoms with Crippen LogP contribution in [0, 0.1) is 5.92 Å². The van der Waals surface area contributed by atoms with Crippen LogP contribution in [0.4, 0.5) is 4.79 Å². The molecular weight excluding hydrogens is 260 g/mol. The van der Waals surface area contributed by atoms with Crippen molar-refractivity contribution in [1.82, 2.24) is 10.2 Å². The van der Waals surface area contributed by atoms with Gasteiger partial charge in [0.1, 0.15) is 5.92 Å². The summed E-state index contributed by atoms with van der Waals surface area (Å²) < 4.78 is 5.24. The molecule has 0 bridgehead atoms. The van der Waals surface area contributed by atoms with Gasteiger partial charge in [-0.15, -0.1) is 0 Å². The number of carbonyl (C=O) groups is 2. The second-order valence-corrected chi connectivity index (χ2v) is 5.27. The van der Waals surface area contributed by atoms with E-state index in [1.165, 1.54) is 0 Å². The van der Waals surface area contributed by atoms with E-state index in [1.54, 1.807) is 4.90 Å². The van der Waals surface area contributed by atoms with Crippen LogP contribution < -0.4 is 5.32 Å². The second kappa shape index (κ2) is 6.74. The molecule has 1 heterocycles. The van der Waals surface area contributed by atoms with Crippen molar-refractivity contribution in [3.63, 3.8) is 0 Å². The average molecular weight is 282 g/mol. The molecule has 2 N–H and O–H groups in total. The topological polar surface area (TPSA) is 78.9 Å². The third-order valence-corrected chi connectivity index (χ3v) is 3.97. The molecule has 0 aromatic rings. The molecule has 2 amide bonds. The first kappa shape index (κ1) is 14.8. The number of likely N-dealkylation sites (N-methyl/N-ethyl adjacent to an activating group) is 1. The van der Waals surface area contributed by atoms with Gasteiger partial charge < -0.3 is 20.1 Å². The first-order valence-corrected chi connectivity index (χ1v) is 7.16. The zero-order valence-electron chi connectivity index (χ0n) is 11.7. The number of ether oxygens (including phenoxy) is 1. The fourth-order valence-corrected chi connectivity index (χ4v) is 2.80. The van der Waals surface area contributed by atoms with E-state index in [-0.39, 0.29) is 24.7 Å². The summed E-state index contributed by atoms with van der Waals surface area (Å²) in [6, 6.07) is -0.418. The van der Waals surface area contributed by atoms with E-state index in [2.05, 4.69) is 17.5 Å². The number of carbonyl (C=O) groups excluding carboxylic acids is 1. The lowest BCUT2D eigenvalue weighted by molar-refractivity contribution is -0.142. The number of rotatable bonds is 4. The molecule has 3 atom stereocenters. The minimum Gasteiger partial charge on any atom is -0.481 e. The van der Waals surface area contributed by atoms with E-state index < -0.39 is 11.9 Å². The Morgan fingerprint density at radius 2 is 2.20 bits per heavy atom. The highest BCUT2D eigenvalue weighted by Gasteiger charge is 2.39. The van der Waals surface area contributed by atoms with Crippen LogP contribution in [-0.4, -0.2) is 53.8 Å². The Balaban J connectivity index is 1.97.